The third-order valence-electron chi connectivity index (χ3n) is 3.78. The van der Waals surface area contributed by atoms with Crippen LogP contribution >= 0.6 is 0 Å². The standard InChI is InChI=1S/C15H23NO3/c1-17-13-8-7-12(9-13)16-10-11-5-4-6-14(18-2)15(11)19-3/h4-6,12-13,16H,7-10H2,1-3H3. The normalized spacial score (nSPS) is 22.5. The number of hydrogen-bond acceptors (Lipinski definition) is 4. The van der Waals surface area contributed by atoms with Crippen LogP contribution in [0.25, 0.3) is 0 Å². The van der Waals surface area contributed by atoms with E-state index in [0.717, 1.165) is 36.4 Å². The lowest BCUT2D eigenvalue weighted by atomic mass is 10.1. The molecule has 0 spiro atoms. The van der Waals surface area contributed by atoms with Gasteiger partial charge in [-0.2, -0.15) is 0 Å². The molecule has 1 fully saturated rings. The van der Waals surface area contributed by atoms with Crippen LogP contribution < -0.4 is 14.8 Å². The summed E-state index contributed by atoms with van der Waals surface area (Å²) < 4.78 is 16.1. The first-order valence-electron chi connectivity index (χ1n) is 6.74. The van der Waals surface area contributed by atoms with Gasteiger partial charge in [0.1, 0.15) is 0 Å². The fraction of sp³-hybridized carbons (Fsp3) is 0.600. The molecule has 19 heavy (non-hydrogen) atoms. The zero-order valence-corrected chi connectivity index (χ0v) is 11.9. The number of rotatable bonds is 6. The van der Waals surface area contributed by atoms with Crippen LogP contribution in [-0.2, 0) is 11.3 Å². The van der Waals surface area contributed by atoms with Crippen LogP contribution in [0, 0.1) is 0 Å². The summed E-state index contributed by atoms with van der Waals surface area (Å²) in [6, 6.07) is 6.50. The predicted octanol–water partition coefficient (Wildman–Crippen LogP) is 2.36. The maximum absolute atomic E-state index is 5.44. The molecule has 1 N–H and O–H groups in total. The molecule has 0 amide bonds. The summed E-state index contributed by atoms with van der Waals surface area (Å²) in [7, 11) is 5.13. The van der Waals surface area contributed by atoms with Gasteiger partial charge in [-0.3, -0.25) is 0 Å². The van der Waals surface area contributed by atoms with E-state index in [1.54, 1.807) is 21.3 Å². The summed E-state index contributed by atoms with van der Waals surface area (Å²) in [4.78, 5) is 0. The molecule has 1 aliphatic carbocycles. The molecular formula is C15H23NO3. The first-order valence-corrected chi connectivity index (χ1v) is 6.74. The third-order valence-corrected chi connectivity index (χ3v) is 3.78. The van der Waals surface area contributed by atoms with Gasteiger partial charge in [-0.15, -0.1) is 0 Å². The van der Waals surface area contributed by atoms with Gasteiger partial charge >= 0.3 is 0 Å². The van der Waals surface area contributed by atoms with Gasteiger partial charge in [-0.1, -0.05) is 12.1 Å². The van der Waals surface area contributed by atoms with Gasteiger partial charge in [-0.25, -0.2) is 0 Å². The molecule has 1 aromatic rings. The predicted molar refractivity (Wildman–Crippen MR) is 74.8 cm³/mol. The van der Waals surface area contributed by atoms with Crippen molar-refractivity contribution in [3.05, 3.63) is 23.8 Å². The van der Waals surface area contributed by atoms with E-state index >= 15 is 0 Å². The molecule has 1 saturated carbocycles. The van der Waals surface area contributed by atoms with Gasteiger partial charge in [0.2, 0.25) is 0 Å². The fourth-order valence-corrected chi connectivity index (χ4v) is 2.69. The molecule has 0 saturated heterocycles. The van der Waals surface area contributed by atoms with E-state index in [-0.39, 0.29) is 0 Å². The number of benzene rings is 1. The molecular weight excluding hydrogens is 242 g/mol. The van der Waals surface area contributed by atoms with Crippen LogP contribution in [0.2, 0.25) is 0 Å². The Morgan fingerprint density at radius 1 is 1.16 bits per heavy atom. The molecule has 1 aromatic carbocycles. The lowest BCUT2D eigenvalue weighted by molar-refractivity contribution is 0.107. The Morgan fingerprint density at radius 3 is 2.63 bits per heavy atom. The minimum absolute atomic E-state index is 0.407. The van der Waals surface area contributed by atoms with Crippen molar-refractivity contribution in [2.75, 3.05) is 21.3 Å². The average Bonchev–Trinajstić information content (AvgIpc) is 2.92. The number of methoxy groups -OCH3 is 3. The highest BCUT2D eigenvalue weighted by Crippen LogP contribution is 2.31. The molecule has 0 aromatic heterocycles. The topological polar surface area (TPSA) is 39.7 Å². The van der Waals surface area contributed by atoms with Crippen molar-refractivity contribution in [3.8, 4) is 11.5 Å². The summed E-state index contributed by atoms with van der Waals surface area (Å²) in [5, 5.41) is 3.57. The molecule has 106 valence electrons. The highest BCUT2D eigenvalue weighted by Gasteiger charge is 2.24. The van der Waals surface area contributed by atoms with E-state index in [1.807, 2.05) is 12.1 Å². The Labute approximate surface area is 115 Å². The average molecular weight is 265 g/mol. The largest absolute Gasteiger partial charge is 0.493 e. The van der Waals surface area contributed by atoms with Crippen molar-refractivity contribution < 1.29 is 14.2 Å². The van der Waals surface area contributed by atoms with E-state index in [9.17, 15) is 0 Å². The highest BCUT2D eigenvalue weighted by molar-refractivity contribution is 5.46. The second-order valence-electron chi connectivity index (χ2n) is 4.90. The number of ether oxygens (including phenoxy) is 3. The van der Waals surface area contributed by atoms with Crippen molar-refractivity contribution in [2.45, 2.75) is 38.0 Å². The lowest BCUT2D eigenvalue weighted by Crippen LogP contribution is -2.26. The second-order valence-corrected chi connectivity index (χ2v) is 4.90. The molecule has 2 atom stereocenters. The lowest BCUT2D eigenvalue weighted by Gasteiger charge is -2.16. The van der Waals surface area contributed by atoms with E-state index in [2.05, 4.69) is 11.4 Å². The van der Waals surface area contributed by atoms with Gasteiger partial charge in [0.15, 0.2) is 11.5 Å². The number of hydrogen-bond donors (Lipinski definition) is 1. The minimum atomic E-state index is 0.407. The molecule has 2 rings (SSSR count). The van der Waals surface area contributed by atoms with Crippen LogP contribution in [0.15, 0.2) is 18.2 Å². The van der Waals surface area contributed by atoms with Crippen LogP contribution in [0.1, 0.15) is 24.8 Å². The number of nitrogens with one attached hydrogen (secondary N) is 1. The van der Waals surface area contributed by atoms with Gasteiger partial charge in [0.25, 0.3) is 0 Å². The smallest absolute Gasteiger partial charge is 0.165 e. The Bertz CT molecular complexity index is 408. The Kier molecular flexibility index (Phi) is 5.05. The van der Waals surface area contributed by atoms with Crippen LogP contribution in [0.3, 0.4) is 0 Å². The highest BCUT2D eigenvalue weighted by atomic mass is 16.5. The van der Waals surface area contributed by atoms with Crippen LogP contribution in [0.4, 0.5) is 0 Å². The molecule has 4 nitrogen and oxygen atoms in total. The van der Waals surface area contributed by atoms with Crippen molar-refractivity contribution in [1.29, 1.82) is 0 Å². The third kappa shape index (κ3) is 3.39. The first kappa shape index (κ1) is 14.2. The van der Waals surface area contributed by atoms with Crippen molar-refractivity contribution in [2.24, 2.45) is 0 Å². The van der Waals surface area contributed by atoms with Gasteiger partial charge in [-0.05, 0) is 25.3 Å². The fourth-order valence-electron chi connectivity index (χ4n) is 2.69. The Balaban J connectivity index is 1.96. The summed E-state index contributed by atoms with van der Waals surface area (Å²) in [6.45, 7) is 0.793. The molecule has 2 unspecified atom stereocenters. The molecule has 0 heterocycles. The van der Waals surface area contributed by atoms with Crippen molar-refractivity contribution >= 4 is 0 Å². The van der Waals surface area contributed by atoms with Gasteiger partial charge < -0.3 is 19.5 Å². The molecule has 0 bridgehead atoms. The first-order chi connectivity index (χ1) is 9.28. The molecule has 0 aliphatic heterocycles. The molecule has 0 radical (unpaired) electrons. The summed E-state index contributed by atoms with van der Waals surface area (Å²) in [5.74, 6) is 1.60. The minimum Gasteiger partial charge on any atom is -0.493 e. The Hall–Kier alpha value is -1.26. The van der Waals surface area contributed by atoms with E-state index in [4.69, 9.17) is 14.2 Å². The zero-order valence-electron chi connectivity index (χ0n) is 11.9. The monoisotopic (exact) mass is 265 g/mol. The van der Waals surface area contributed by atoms with Crippen molar-refractivity contribution in [3.63, 3.8) is 0 Å². The van der Waals surface area contributed by atoms with Crippen LogP contribution in [0.5, 0.6) is 11.5 Å². The quantitative estimate of drug-likeness (QED) is 0.857. The molecule has 1 aliphatic rings. The maximum atomic E-state index is 5.44. The zero-order chi connectivity index (χ0) is 13.7. The van der Waals surface area contributed by atoms with Crippen LogP contribution in [-0.4, -0.2) is 33.5 Å². The SMILES string of the molecule is COc1cccc(CNC2CCC(OC)C2)c1OC. The van der Waals surface area contributed by atoms with E-state index < -0.39 is 0 Å². The van der Waals surface area contributed by atoms with E-state index in [0.29, 0.717) is 12.1 Å². The number of para-hydroxylation sites is 1. The van der Waals surface area contributed by atoms with E-state index in [1.165, 1.54) is 6.42 Å². The second kappa shape index (κ2) is 6.78. The van der Waals surface area contributed by atoms with Gasteiger partial charge in [0.05, 0.1) is 20.3 Å². The summed E-state index contributed by atoms with van der Waals surface area (Å²) >= 11 is 0. The van der Waals surface area contributed by atoms with Gasteiger partial charge in [0, 0.05) is 25.3 Å². The summed E-state index contributed by atoms with van der Waals surface area (Å²) in [5.41, 5.74) is 1.13. The van der Waals surface area contributed by atoms with Crippen molar-refractivity contribution in [1.82, 2.24) is 5.32 Å². The maximum Gasteiger partial charge on any atom is 0.165 e. The molecule has 4 heteroatoms. The summed E-state index contributed by atoms with van der Waals surface area (Å²) in [6.07, 6.45) is 3.81. The Morgan fingerprint density at radius 2 is 2.00 bits per heavy atom.